The number of para-hydroxylation sites is 2. The number of nitrogens with zero attached hydrogens (tertiary/aromatic N) is 2. The van der Waals surface area contributed by atoms with Crippen LogP contribution >= 0.6 is 0 Å². The number of aromatic nitrogens is 2. The van der Waals surface area contributed by atoms with E-state index in [0.29, 0.717) is 54.3 Å². The molecule has 1 aromatic heterocycles. The third kappa shape index (κ3) is 6.03. The number of amides is 2. The van der Waals surface area contributed by atoms with Gasteiger partial charge in [-0.3, -0.25) is 14.4 Å². The van der Waals surface area contributed by atoms with Crippen LogP contribution in [0.1, 0.15) is 37.4 Å². The Balaban J connectivity index is 1.44. The van der Waals surface area contributed by atoms with Crippen LogP contribution in [0.4, 0.5) is 5.69 Å². The zero-order valence-electron chi connectivity index (χ0n) is 25.5. The highest BCUT2D eigenvalue weighted by Crippen LogP contribution is 2.50. The van der Waals surface area contributed by atoms with Gasteiger partial charge < -0.3 is 34.7 Å². The van der Waals surface area contributed by atoms with Gasteiger partial charge in [0.2, 0.25) is 23.0 Å². The summed E-state index contributed by atoms with van der Waals surface area (Å²) in [5.41, 5.74) is 4.87. The van der Waals surface area contributed by atoms with E-state index in [1.807, 2.05) is 41.0 Å². The second kappa shape index (κ2) is 13.1. The number of imidazole rings is 1. The Morgan fingerprint density at radius 2 is 1.82 bits per heavy atom. The minimum absolute atomic E-state index is 0.208. The highest BCUT2D eigenvalue weighted by molar-refractivity contribution is 5.86. The van der Waals surface area contributed by atoms with Crippen LogP contribution in [0.2, 0.25) is 0 Å². The summed E-state index contributed by atoms with van der Waals surface area (Å²) in [6, 6.07) is 13.6. The SMILES string of the molecule is COc1cc2c(c(OC)c1OC)-c1ccc(N[C@@H](C)C(=O)NCCn3cnc4ccccc43)c(=O)cc1[C@@H](NC(C)=O)CC2. The van der Waals surface area contributed by atoms with Crippen molar-refractivity contribution in [2.45, 2.75) is 45.3 Å². The van der Waals surface area contributed by atoms with Crippen molar-refractivity contribution in [2.24, 2.45) is 0 Å². The van der Waals surface area contributed by atoms with E-state index in [0.717, 1.165) is 22.2 Å². The minimum Gasteiger partial charge on any atom is -0.493 e. The van der Waals surface area contributed by atoms with Crippen LogP contribution in [-0.4, -0.2) is 55.3 Å². The standard InChI is InChI=1S/C33H37N5O6/c1-19(33(41)34-14-15-38-18-35-25-8-6-7-9-27(25)38)36-26-13-11-22-23(17-28(26)40)24(37-20(2)39)12-10-21-16-29(42-3)31(43-4)32(44-5)30(21)22/h6-9,11,13,16-19,24H,10,12,14-15H2,1-5H3,(H,34,41)(H,36,40)(H,37,39)/t19-,24-/m0/s1. The number of benzene rings is 2. The van der Waals surface area contributed by atoms with E-state index in [9.17, 15) is 14.4 Å². The van der Waals surface area contributed by atoms with Crippen molar-refractivity contribution in [1.82, 2.24) is 20.2 Å². The molecule has 0 saturated carbocycles. The van der Waals surface area contributed by atoms with Gasteiger partial charge in [-0.2, -0.15) is 0 Å². The first-order valence-electron chi connectivity index (χ1n) is 14.5. The molecule has 0 radical (unpaired) electrons. The lowest BCUT2D eigenvalue weighted by Gasteiger charge is -2.19. The normalized spacial score (nSPS) is 14.4. The maximum atomic E-state index is 13.6. The van der Waals surface area contributed by atoms with Gasteiger partial charge in [0.15, 0.2) is 11.5 Å². The van der Waals surface area contributed by atoms with Crippen LogP contribution < -0.4 is 35.6 Å². The van der Waals surface area contributed by atoms with Crippen molar-refractivity contribution in [2.75, 3.05) is 33.2 Å². The highest BCUT2D eigenvalue weighted by atomic mass is 16.5. The number of anilines is 1. The van der Waals surface area contributed by atoms with Gasteiger partial charge >= 0.3 is 0 Å². The maximum Gasteiger partial charge on any atom is 0.242 e. The number of aryl methyl sites for hydroxylation is 1. The van der Waals surface area contributed by atoms with Gasteiger partial charge in [-0.15, -0.1) is 0 Å². The van der Waals surface area contributed by atoms with Crippen LogP contribution in [0.15, 0.2) is 59.7 Å². The summed E-state index contributed by atoms with van der Waals surface area (Å²) >= 11 is 0. The number of fused-ring (bicyclic) bond motifs is 4. The molecule has 1 aliphatic rings. The molecule has 11 heteroatoms. The quantitative estimate of drug-likeness (QED) is 0.251. The van der Waals surface area contributed by atoms with E-state index in [2.05, 4.69) is 20.9 Å². The van der Waals surface area contributed by atoms with Crippen LogP contribution in [-0.2, 0) is 22.6 Å². The molecule has 0 fully saturated rings. The molecule has 0 spiro atoms. The number of hydrogen-bond acceptors (Lipinski definition) is 8. The Hall–Kier alpha value is -5.06. The topological polar surface area (TPSA) is 133 Å². The van der Waals surface area contributed by atoms with E-state index in [1.165, 1.54) is 20.1 Å². The van der Waals surface area contributed by atoms with Gasteiger partial charge in [0.1, 0.15) is 6.04 Å². The molecule has 4 aromatic rings. The van der Waals surface area contributed by atoms with Gasteiger partial charge in [0.25, 0.3) is 0 Å². The summed E-state index contributed by atoms with van der Waals surface area (Å²) in [5.74, 6) is 0.968. The zero-order valence-corrected chi connectivity index (χ0v) is 25.5. The molecular formula is C33H37N5O6. The summed E-state index contributed by atoms with van der Waals surface area (Å²) in [6.07, 6.45) is 2.90. The van der Waals surface area contributed by atoms with Crippen molar-refractivity contribution in [3.8, 4) is 28.4 Å². The second-order valence-corrected chi connectivity index (χ2v) is 10.7. The number of hydrogen-bond donors (Lipinski definition) is 3. The number of nitrogens with one attached hydrogen (secondary N) is 3. The minimum atomic E-state index is -0.693. The molecule has 0 unspecified atom stereocenters. The molecule has 2 amide bonds. The largest absolute Gasteiger partial charge is 0.493 e. The fraction of sp³-hybridized carbons (Fsp3) is 0.333. The fourth-order valence-corrected chi connectivity index (χ4v) is 5.77. The monoisotopic (exact) mass is 599 g/mol. The predicted octanol–water partition coefficient (Wildman–Crippen LogP) is 3.83. The van der Waals surface area contributed by atoms with Crippen LogP contribution in [0.5, 0.6) is 17.2 Å². The average molecular weight is 600 g/mol. The van der Waals surface area contributed by atoms with E-state index >= 15 is 0 Å². The smallest absolute Gasteiger partial charge is 0.242 e. The number of carbonyl (C=O) groups excluding carboxylic acids is 2. The molecule has 230 valence electrons. The van der Waals surface area contributed by atoms with E-state index in [-0.39, 0.29) is 22.9 Å². The van der Waals surface area contributed by atoms with Gasteiger partial charge in [-0.1, -0.05) is 18.2 Å². The number of rotatable bonds is 10. The lowest BCUT2D eigenvalue weighted by Crippen LogP contribution is -2.39. The average Bonchev–Trinajstić information content (AvgIpc) is 3.29. The summed E-state index contributed by atoms with van der Waals surface area (Å²) in [5, 5.41) is 9.02. The fourth-order valence-electron chi connectivity index (χ4n) is 5.77. The molecule has 11 nitrogen and oxygen atoms in total. The molecule has 2 atom stereocenters. The van der Waals surface area contributed by atoms with Gasteiger partial charge in [0, 0.05) is 25.6 Å². The molecule has 5 rings (SSSR count). The first-order chi connectivity index (χ1) is 21.2. The third-order valence-electron chi connectivity index (χ3n) is 7.86. The molecule has 3 N–H and O–H groups in total. The van der Waals surface area contributed by atoms with Gasteiger partial charge in [-0.05, 0) is 66.8 Å². The molecule has 3 aromatic carbocycles. The van der Waals surface area contributed by atoms with Crippen LogP contribution in [0, 0.1) is 0 Å². The van der Waals surface area contributed by atoms with Crippen molar-refractivity contribution < 1.29 is 23.8 Å². The third-order valence-corrected chi connectivity index (χ3v) is 7.86. The molecule has 0 bridgehead atoms. The number of carbonyl (C=O) groups is 2. The number of methoxy groups -OCH3 is 3. The molecule has 44 heavy (non-hydrogen) atoms. The van der Waals surface area contributed by atoms with Crippen molar-refractivity contribution >= 4 is 28.5 Å². The summed E-state index contributed by atoms with van der Waals surface area (Å²) < 4.78 is 19.1. The Kier molecular flexibility index (Phi) is 9.03. The highest BCUT2D eigenvalue weighted by Gasteiger charge is 2.29. The van der Waals surface area contributed by atoms with Crippen molar-refractivity contribution in [3.05, 3.63) is 76.2 Å². The Morgan fingerprint density at radius 3 is 2.55 bits per heavy atom. The lowest BCUT2D eigenvalue weighted by atomic mass is 9.95. The summed E-state index contributed by atoms with van der Waals surface area (Å²) in [6.45, 7) is 4.11. The molecular weight excluding hydrogens is 562 g/mol. The first-order valence-corrected chi connectivity index (χ1v) is 14.5. The van der Waals surface area contributed by atoms with Crippen molar-refractivity contribution in [1.29, 1.82) is 0 Å². The zero-order chi connectivity index (χ0) is 31.4. The number of ether oxygens (including phenoxy) is 3. The van der Waals surface area contributed by atoms with E-state index < -0.39 is 12.1 Å². The second-order valence-electron chi connectivity index (χ2n) is 10.7. The first kappa shape index (κ1) is 30.4. The summed E-state index contributed by atoms with van der Waals surface area (Å²) in [7, 11) is 4.66. The Morgan fingerprint density at radius 1 is 1.05 bits per heavy atom. The maximum absolute atomic E-state index is 13.6. The predicted molar refractivity (Wildman–Crippen MR) is 169 cm³/mol. The lowest BCUT2D eigenvalue weighted by molar-refractivity contribution is -0.121. The Bertz CT molecular complexity index is 1770. The van der Waals surface area contributed by atoms with E-state index in [1.54, 1.807) is 33.5 Å². The molecule has 1 heterocycles. The van der Waals surface area contributed by atoms with Crippen LogP contribution in [0.25, 0.3) is 22.2 Å². The van der Waals surface area contributed by atoms with Gasteiger partial charge in [0.05, 0.1) is 50.4 Å². The van der Waals surface area contributed by atoms with Crippen molar-refractivity contribution in [3.63, 3.8) is 0 Å². The van der Waals surface area contributed by atoms with E-state index in [4.69, 9.17) is 14.2 Å². The molecule has 0 aliphatic heterocycles. The van der Waals surface area contributed by atoms with Gasteiger partial charge in [-0.25, -0.2) is 4.98 Å². The van der Waals surface area contributed by atoms with Crippen LogP contribution in [0.3, 0.4) is 0 Å². The summed E-state index contributed by atoms with van der Waals surface area (Å²) in [4.78, 5) is 43.2. The Labute approximate surface area is 255 Å². The molecule has 1 aliphatic carbocycles. The molecule has 0 saturated heterocycles.